The highest BCUT2D eigenvalue weighted by molar-refractivity contribution is 7.91. The number of fused-ring (bicyclic) bond motifs is 1. The van der Waals surface area contributed by atoms with Crippen LogP contribution < -0.4 is 19.5 Å². The van der Waals surface area contributed by atoms with Crippen LogP contribution in [-0.2, 0) is 19.6 Å². The van der Waals surface area contributed by atoms with Gasteiger partial charge in [-0.1, -0.05) is 38.4 Å². The maximum absolute atomic E-state index is 15.1. The van der Waals surface area contributed by atoms with Crippen LogP contribution in [0.15, 0.2) is 49.3 Å². The van der Waals surface area contributed by atoms with E-state index in [1.807, 2.05) is 0 Å². The Bertz CT molecular complexity index is 2190. The number of hydrogen-bond donors (Lipinski definition) is 2. The van der Waals surface area contributed by atoms with Crippen molar-refractivity contribution in [2.45, 2.75) is 89.3 Å². The molecular weight excluding hydrogens is 754 g/mol. The van der Waals surface area contributed by atoms with Gasteiger partial charge in [-0.15, -0.1) is 6.58 Å². The SMILES string of the molecule is C=C[C@@H]1C[C@@]1(C(=O)NS(=O)(=O)C1CC1)N(C(=O)C(Nc1cc(C)c([N+](=O)[O-])cn1)C(C)(C)C)C(=O)N1C[C@H](Oc2ncc(OC)c3ccc(Cl)cc23)CC1C. The maximum Gasteiger partial charge on any atom is 0.328 e. The van der Waals surface area contributed by atoms with Gasteiger partial charge >= 0.3 is 6.03 Å². The van der Waals surface area contributed by atoms with E-state index in [0.29, 0.717) is 40.8 Å². The largest absolute Gasteiger partial charge is 0.494 e. The Morgan fingerprint density at radius 3 is 2.47 bits per heavy atom. The van der Waals surface area contributed by atoms with Gasteiger partial charge < -0.3 is 19.7 Å². The number of nitrogens with one attached hydrogen (secondary N) is 2. The van der Waals surface area contributed by atoms with Crippen LogP contribution >= 0.6 is 11.6 Å². The van der Waals surface area contributed by atoms with Gasteiger partial charge in [0.05, 0.1) is 30.0 Å². The van der Waals surface area contributed by atoms with Gasteiger partial charge in [-0.05, 0) is 62.8 Å². The van der Waals surface area contributed by atoms with Gasteiger partial charge in [0.2, 0.25) is 15.9 Å². The van der Waals surface area contributed by atoms with E-state index in [0.717, 1.165) is 11.1 Å². The van der Waals surface area contributed by atoms with Crippen LogP contribution in [0.25, 0.3) is 10.8 Å². The normalized spacial score (nSPS) is 22.7. The molecule has 3 heterocycles. The van der Waals surface area contributed by atoms with Crippen molar-refractivity contribution < 1.29 is 37.2 Å². The summed E-state index contributed by atoms with van der Waals surface area (Å²) >= 11 is 6.32. The topological polar surface area (TPSA) is 203 Å². The Balaban J connectivity index is 1.37. The number of amides is 4. The third-order valence-electron chi connectivity index (χ3n) is 10.4. The molecule has 2 unspecified atom stereocenters. The van der Waals surface area contributed by atoms with Crippen molar-refractivity contribution in [3.63, 3.8) is 0 Å². The summed E-state index contributed by atoms with van der Waals surface area (Å²) in [6.07, 6.45) is 4.47. The summed E-state index contributed by atoms with van der Waals surface area (Å²) in [5, 5.41) is 15.5. The summed E-state index contributed by atoms with van der Waals surface area (Å²) in [4.78, 5) is 66.1. The molecule has 3 fully saturated rings. The van der Waals surface area contributed by atoms with E-state index in [-0.39, 0.29) is 35.9 Å². The highest BCUT2D eigenvalue weighted by Crippen LogP contribution is 2.52. The molecule has 1 aromatic carbocycles. The van der Waals surface area contributed by atoms with Crippen LogP contribution in [0.2, 0.25) is 5.02 Å². The number of nitrogens with zero attached hydrogens (tertiary/aromatic N) is 5. The zero-order valence-corrected chi connectivity index (χ0v) is 32.9. The minimum atomic E-state index is -4.08. The van der Waals surface area contributed by atoms with Crippen molar-refractivity contribution in [2.75, 3.05) is 19.0 Å². The first-order valence-corrected chi connectivity index (χ1v) is 19.7. The van der Waals surface area contributed by atoms with Crippen molar-refractivity contribution in [1.29, 1.82) is 0 Å². The molecule has 1 saturated heterocycles. The second-order valence-electron chi connectivity index (χ2n) is 15.5. The number of ether oxygens (including phenoxy) is 2. The number of imide groups is 1. The van der Waals surface area contributed by atoms with E-state index in [9.17, 15) is 23.3 Å². The number of carbonyl (C=O) groups excluding carboxylic acids is 3. The number of rotatable bonds is 12. The lowest BCUT2D eigenvalue weighted by Gasteiger charge is -2.40. The second-order valence-corrected chi connectivity index (χ2v) is 17.9. The average molecular weight is 798 g/mol. The summed E-state index contributed by atoms with van der Waals surface area (Å²) < 4.78 is 40.2. The lowest BCUT2D eigenvalue weighted by molar-refractivity contribution is -0.385. The van der Waals surface area contributed by atoms with Gasteiger partial charge in [-0.3, -0.25) is 24.4 Å². The summed E-state index contributed by atoms with van der Waals surface area (Å²) in [6.45, 7) is 12.4. The zero-order valence-electron chi connectivity index (χ0n) is 31.4. The van der Waals surface area contributed by atoms with Crippen LogP contribution in [-0.4, -0.2) is 93.6 Å². The quantitative estimate of drug-likeness (QED) is 0.135. The number of urea groups is 1. The highest BCUT2D eigenvalue weighted by atomic mass is 35.5. The molecule has 0 spiro atoms. The molecule has 294 valence electrons. The van der Waals surface area contributed by atoms with Crippen molar-refractivity contribution in [3.8, 4) is 11.6 Å². The van der Waals surface area contributed by atoms with Crippen molar-refractivity contribution in [2.24, 2.45) is 11.3 Å². The molecule has 2 N–H and O–H groups in total. The van der Waals surface area contributed by atoms with Crippen LogP contribution in [0, 0.1) is 28.4 Å². The lowest BCUT2D eigenvalue weighted by Crippen LogP contribution is -2.64. The Labute approximate surface area is 323 Å². The van der Waals surface area contributed by atoms with E-state index in [2.05, 4.69) is 26.6 Å². The monoisotopic (exact) mass is 797 g/mol. The lowest BCUT2D eigenvalue weighted by atomic mass is 9.85. The number of likely N-dealkylation sites (tertiary alicyclic amines) is 1. The van der Waals surface area contributed by atoms with Crippen molar-refractivity contribution in [1.82, 2.24) is 24.5 Å². The van der Waals surface area contributed by atoms with E-state index in [4.69, 9.17) is 21.1 Å². The van der Waals surface area contributed by atoms with E-state index in [1.165, 1.54) is 37.3 Å². The standard InChI is InChI=1S/C37H44ClN7O9S/c1-8-22-16-37(22,34(47)42-55(51,52)25-10-11-25)44(33(46)31(36(4,5)6)41-30-13-20(2)28(17-39-30)45(49)50)35(48)43-19-24(14-21(43)3)54-32-27-15-23(38)9-12-26(27)29(53-7)18-40-32/h8-9,12-13,15,17-18,21-22,24-25,31H,1,10-11,14,16,19H2,2-7H3,(H,39,41)(H,42,47)/t21?,22-,24-,31?,37-/m1/s1. The molecule has 16 nitrogen and oxygen atoms in total. The minimum Gasteiger partial charge on any atom is -0.494 e. The van der Waals surface area contributed by atoms with Gasteiger partial charge in [-0.2, -0.15) is 0 Å². The van der Waals surface area contributed by atoms with Gasteiger partial charge in [0.1, 0.15) is 35.4 Å². The minimum absolute atomic E-state index is 0.00685. The molecule has 6 rings (SSSR count). The molecular formula is C37H44ClN7O9S. The Morgan fingerprint density at radius 1 is 1.18 bits per heavy atom. The van der Waals surface area contributed by atoms with Crippen molar-refractivity contribution >= 4 is 61.7 Å². The van der Waals surface area contributed by atoms with E-state index in [1.54, 1.807) is 45.9 Å². The number of aryl methyl sites for hydroxylation is 1. The molecule has 0 bridgehead atoms. The molecule has 2 saturated carbocycles. The Kier molecular flexibility index (Phi) is 10.5. The number of carbonyl (C=O) groups is 3. The molecule has 4 amide bonds. The fourth-order valence-corrected chi connectivity index (χ4v) is 8.63. The summed E-state index contributed by atoms with van der Waals surface area (Å²) in [6, 6.07) is 4.06. The number of anilines is 1. The smallest absolute Gasteiger partial charge is 0.328 e. The average Bonchev–Trinajstić information content (AvgIpc) is 4.04. The van der Waals surface area contributed by atoms with Gasteiger partial charge in [0.25, 0.3) is 17.5 Å². The number of pyridine rings is 2. The fourth-order valence-electron chi connectivity index (χ4n) is 7.10. The number of benzene rings is 1. The first-order chi connectivity index (χ1) is 25.8. The third-order valence-corrected chi connectivity index (χ3v) is 12.5. The Morgan fingerprint density at radius 2 is 1.89 bits per heavy atom. The highest BCUT2D eigenvalue weighted by Gasteiger charge is 2.68. The number of halogens is 1. The fraction of sp³-hybridized carbons (Fsp3) is 0.486. The van der Waals surface area contributed by atoms with Gasteiger partial charge in [-0.25, -0.2) is 28.1 Å². The zero-order chi connectivity index (χ0) is 40.2. The number of hydrogen-bond acceptors (Lipinski definition) is 12. The van der Waals surface area contributed by atoms with Crippen LogP contribution in [0.1, 0.15) is 58.9 Å². The predicted octanol–water partition coefficient (Wildman–Crippen LogP) is 5.38. The third kappa shape index (κ3) is 7.63. The molecule has 2 aliphatic carbocycles. The first-order valence-electron chi connectivity index (χ1n) is 17.8. The number of sulfonamides is 1. The van der Waals surface area contributed by atoms with Crippen LogP contribution in [0.3, 0.4) is 0 Å². The molecule has 0 radical (unpaired) electrons. The molecule has 3 aliphatic rings. The maximum atomic E-state index is 15.1. The van der Waals surface area contributed by atoms with Gasteiger partial charge in [0, 0.05) is 39.7 Å². The molecule has 18 heteroatoms. The number of aromatic nitrogens is 2. The molecule has 1 aliphatic heterocycles. The van der Waals surface area contributed by atoms with Crippen LogP contribution in [0.5, 0.6) is 11.6 Å². The molecule has 3 aromatic rings. The van der Waals surface area contributed by atoms with E-state index >= 15 is 9.59 Å². The molecule has 5 atom stereocenters. The summed E-state index contributed by atoms with van der Waals surface area (Å²) in [5.74, 6) is -1.70. The summed E-state index contributed by atoms with van der Waals surface area (Å²) in [7, 11) is -2.56. The number of methoxy groups -OCH3 is 1. The van der Waals surface area contributed by atoms with E-state index < -0.39 is 73.1 Å². The van der Waals surface area contributed by atoms with Crippen molar-refractivity contribution in [3.05, 3.63) is 70.0 Å². The second kappa shape index (κ2) is 14.6. The summed E-state index contributed by atoms with van der Waals surface area (Å²) in [5.41, 5.74) is -2.80. The number of nitro groups is 1. The predicted molar refractivity (Wildman–Crippen MR) is 204 cm³/mol. The van der Waals surface area contributed by atoms with Gasteiger partial charge in [0.15, 0.2) is 0 Å². The Hall–Kier alpha value is -5.03. The van der Waals surface area contributed by atoms with Crippen LogP contribution in [0.4, 0.5) is 16.3 Å². The molecule has 55 heavy (non-hydrogen) atoms. The first kappa shape index (κ1) is 39.7. The molecule has 2 aromatic heterocycles.